The molecule has 0 amide bonds. The molecule has 3 N–H and O–H groups in total. The molecule has 16 heavy (non-hydrogen) atoms. The summed E-state index contributed by atoms with van der Waals surface area (Å²) < 4.78 is 1.91. The van der Waals surface area contributed by atoms with Gasteiger partial charge in [-0.25, -0.2) is 9.78 Å². The molecule has 1 aromatic rings. The van der Waals surface area contributed by atoms with Crippen LogP contribution in [0.15, 0.2) is 6.20 Å². The molecule has 0 aromatic carbocycles. The number of hydrogen-bond donors (Lipinski definition) is 3. The summed E-state index contributed by atoms with van der Waals surface area (Å²) in [6.45, 7) is 0.806. The van der Waals surface area contributed by atoms with Gasteiger partial charge in [0.25, 0.3) is 0 Å². The minimum absolute atomic E-state index is 0.222. The maximum absolute atomic E-state index is 10.6. The predicted octanol–water partition coefficient (Wildman–Crippen LogP) is -0.465. The minimum atomic E-state index is -1.52. The Labute approximate surface area is 92.9 Å². The summed E-state index contributed by atoms with van der Waals surface area (Å²) >= 11 is 0. The van der Waals surface area contributed by atoms with Crippen molar-refractivity contribution in [1.82, 2.24) is 14.9 Å². The zero-order valence-corrected chi connectivity index (χ0v) is 9.05. The van der Waals surface area contributed by atoms with Gasteiger partial charge in [-0.15, -0.1) is 0 Å². The van der Waals surface area contributed by atoms with Crippen molar-refractivity contribution < 1.29 is 15.0 Å². The fourth-order valence-corrected chi connectivity index (χ4v) is 1.95. The number of likely N-dealkylation sites (N-methyl/N-ethyl adjacent to an activating group) is 1. The molecule has 2 rings (SSSR count). The molecule has 0 spiro atoms. The molecule has 0 fully saturated rings. The first-order valence-corrected chi connectivity index (χ1v) is 5.26. The first kappa shape index (κ1) is 11.1. The number of aromatic nitrogens is 2. The van der Waals surface area contributed by atoms with Crippen LogP contribution in [0.5, 0.6) is 0 Å². The molecule has 0 bridgehead atoms. The highest BCUT2D eigenvalue weighted by atomic mass is 16.4. The molecule has 2 heterocycles. The van der Waals surface area contributed by atoms with E-state index in [0.717, 1.165) is 25.2 Å². The number of nitrogens with zero attached hydrogens (tertiary/aromatic N) is 2. The van der Waals surface area contributed by atoms with Gasteiger partial charge in [0.05, 0.1) is 5.69 Å². The molecular weight excluding hydrogens is 210 g/mol. The third-order valence-electron chi connectivity index (χ3n) is 2.95. The Morgan fingerprint density at radius 1 is 1.75 bits per heavy atom. The summed E-state index contributed by atoms with van der Waals surface area (Å²) in [6, 6.07) is 0.379. The maximum atomic E-state index is 10.6. The average molecular weight is 225 g/mol. The number of aryl methyl sites for hydroxylation is 1. The van der Waals surface area contributed by atoms with E-state index in [2.05, 4.69) is 10.3 Å². The summed E-state index contributed by atoms with van der Waals surface area (Å²) in [5, 5.41) is 21.2. The van der Waals surface area contributed by atoms with Crippen LogP contribution in [0.1, 0.15) is 24.0 Å². The van der Waals surface area contributed by atoms with Crippen molar-refractivity contribution in [3.8, 4) is 0 Å². The summed E-state index contributed by atoms with van der Waals surface area (Å²) in [5.74, 6) is -0.429. The second kappa shape index (κ2) is 4.23. The van der Waals surface area contributed by atoms with E-state index in [-0.39, 0.29) is 5.69 Å². The molecule has 6 nitrogen and oxygen atoms in total. The maximum Gasteiger partial charge on any atom is 0.338 e. The lowest BCUT2D eigenvalue weighted by Gasteiger charge is -2.22. The van der Waals surface area contributed by atoms with Crippen LogP contribution in [0.25, 0.3) is 0 Å². The fraction of sp³-hybridized carbons (Fsp3) is 0.600. The van der Waals surface area contributed by atoms with Gasteiger partial charge < -0.3 is 20.1 Å². The summed E-state index contributed by atoms with van der Waals surface area (Å²) in [7, 11) is 1.90. The molecule has 1 unspecified atom stereocenters. The van der Waals surface area contributed by atoms with Crippen LogP contribution in [0.2, 0.25) is 0 Å². The molecule has 1 aliphatic heterocycles. The second-order valence-corrected chi connectivity index (χ2v) is 3.99. The second-order valence-electron chi connectivity index (χ2n) is 3.99. The van der Waals surface area contributed by atoms with Crippen LogP contribution in [0.4, 0.5) is 0 Å². The number of carboxylic acids is 1. The van der Waals surface area contributed by atoms with E-state index in [1.807, 2.05) is 11.6 Å². The topological polar surface area (TPSA) is 87.4 Å². The van der Waals surface area contributed by atoms with Gasteiger partial charge in [0, 0.05) is 25.2 Å². The molecule has 0 aliphatic carbocycles. The van der Waals surface area contributed by atoms with Crippen molar-refractivity contribution in [2.45, 2.75) is 31.5 Å². The van der Waals surface area contributed by atoms with Gasteiger partial charge in [-0.05, 0) is 13.5 Å². The van der Waals surface area contributed by atoms with Crippen LogP contribution in [0.3, 0.4) is 0 Å². The normalized spacial score (nSPS) is 21.5. The van der Waals surface area contributed by atoms with E-state index in [4.69, 9.17) is 5.11 Å². The Hall–Kier alpha value is -1.40. The largest absolute Gasteiger partial charge is 0.479 e. The predicted molar refractivity (Wildman–Crippen MR) is 56.0 cm³/mol. The summed E-state index contributed by atoms with van der Waals surface area (Å²) in [6.07, 6.45) is 1.86. The first-order chi connectivity index (χ1) is 7.61. The lowest BCUT2D eigenvalue weighted by molar-refractivity contribution is -0.147. The Morgan fingerprint density at radius 3 is 3.12 bits per heavy atom. The number of aliphatic carboxylic acids is 1. The average Bonchev–Trinajstić information content (AvgIpc) is 2.69. The van der Waals surface area contributed by atoms with E-state index < -0.39 is 12.1 Å². The van der Waals surface area contributed by atoms with Crippen LogP contribution in [-0.2, 0) is 17.8 Å². The lowest BCUT2D eigenvalue weighted by Crippen LogP contribution is -2.33. The van der Waals surface area contributed by atoms with Crippen molar-refractivity contribution in [2.24, 2.45) is 0 Å². The van der Waals surface area contributed by atoms with Gasteiger partial charge in [0.1, 0.15) is 5.82 Å². The number of aliphatic hydroxyl groups is 1. The van der Waals surface area contributed by atoms with Gasteiger partial charge in [-0.2, -0.15) is 0 Å². The van der Waals surface area contributed by atoms with E-state index in [1.165, 1.54) is 0 Å². The van der Waals surface area contributed by atoms with Crippen molar-refractivity contribution in [1.29, 1.82) is 0 Å². The van der Waals surface area contributed by atoms with E-state index in [9.17, 15) is 9.90 Å². The van der Waals surface area contributed by atoms with Crippen LogP contribution >= 0.6 is 0 Å². The molecule has 2 atom stereocenters. The molecule has 1 aromatic heterocycles. The Kier molecular flexibility index (Phi) is 2.93. The summed E-state index contributed by atoms with van der Waals surface area (Å²) in [5.41, 5.74) is 0.222. The van der Waals surface area contributed by atoms with Gasteiger partial charge in [0.2, 0.25) is 0 Å². The number of aliphatic hydroxyl groups excluding tert-OH is 1. The number of carbonyl (C=O) groups is 1. The Bertz CT molecular complexity index is 402. The molecule has 88 valence electrons. The number of imidazole rings is 1. The molecule has 0 radical (unpaired) electrons. The zero-order chi connectivity index (χ0) is 11.7. The molecule has 0 saturated heterocycles. The smallest absolute Gasteiger partial charge is 0.338 e. The minimum Gasteiger partial charge on any atom is -0.479 e. The lowest BCUT2D eigenvalue weighted by atomic mass is 10.1. The highest BCUT2D eigenvalue weighted by molar-refractivity contribution is 5.73. The van der Waals surface area contributed by atoms with Gasteiger partial charge >= 0.3 is 5.97 Å². The van der Waals surface area contributed by atoms with Crippen LogP contribution < -0.4 is 5.32 Å². The highest BCUT2D eigenvalue weighted by Gasteiger charge is 2.24. The van der Waals surface area contributed by atoms with Crippen molar-refractivity contribution in [2.75, 3.05) is 7.05 Å². The zero-order valence-electron chi connectivity index (χ0n) is 9.05. The highest BCUT2D eigenvalue weighted by Crippen LogP contribution is 2.19. The van der Waals surface area contributed by atoms with Gasteiger partial charge in [-0.3, -0.25) is 0 Å². The fourth-order valence-electron chi connectivity index (χ4n) is 1.95. The Morgan fingerprint density at radius 2 is 2.50 bits per heavy atom. The van der Waals surface area contributed by atoms with E-state index in [1.54, 1.807) is 6.20 Å². The van der Waals surface area contributed by atoms with E-state index in [0.29, 0.717) is 6.04 Å². The standard InChI is InChI=1S/C10H15N3O3/c1-11-6-2-3-13-5-7(9(14)10(15)16)12-8(13)4-6/h5-6,9,11,14H,2-4H2,1H3,(H,15,16)/t6-,9?/m1/s1. The number of nitrogens with one attached hydrogen (secondary N) is 1. The van der Waals surface area contributed by atoms with E-state index >= 15 is 0 Å². The van der Waals surface area contributed by atoms with Crippen LogP contribution in [-0.4, -0.2) is 38.8 Å². The van der Waals surface area contributed by atoms with Crippen LogP contribution in [0, 0.1) is 0 Å². The SMILES string of the molecule is CN[C@@H]1CCn2cc(C(O)C(=O)O)nc2C1. The number of carboxylic acid groups (broad SMARTS) is 1. The third kappa shape index (κ3) is 1.94. The number of hydrogen-bond acceptors (Lipinski definition) is 4. The third-order valence-corrected chi connectivity index (χ3v) is 2.95. The first-order valence-electron chi connectivity index (χ1n) is 5.26. The molecular formula is C10H15N3O3. The van der Waals surface area contributed by atoms with Gasteiger partial charge in [0.15, 0.2) is 6.10 Å². The number of rotatable bonds is 3. The van der Waals surface area contributed by atoms with Crippen molar-refractivity contribution >= 4 is 5.97 Å². The van der Waals surface area contributed by atoms with Gasteiger partial charge in [-0.1, -0.05) is 0 Å². The monoisotopic (exact) mass is 225 g/mol. The molecule has 0 saturated carbocycles. The number of fused-ring (bicyclic) bond motifs is 1. The van der Waals surface area contributed by atoms with Crippen molar-refractivity contribution in [3.05, 3.63) is 17.7 Å². The summed E-state index contributed by atoms with van der Waals surface area (Å²) in [4.78, 5) is 14.8. The quantitative estimate of drug-likeness (QED) is 0.647. The Balaban J connectivity index is 2.21. The van der Waals surface area contributed by atoms with Crippen molar-refractivity contribution in [3.63, 3.8) is 0 Å². The molecule has 1 aliphatic rings. The molecule has 6 heteroatoms.